The molecule has 4 amide bonds. The van der Waals surface area contributed by atoms with Crippen LogP contribution in [0.25, 0.3) is 22.4 Å². The molecule has 4 heterocycles. The number of H-pyrrole nitrogens is 2. The van der Waals surface area contributed by atoms with E-state index in [0.717, 1.165) is 52.9 Å². The van der Waals surface area contributed by atoms with E-state index in [2.05, 4.69) is 79.6 Å². The molecule has 0 spiro atoms. The van der Waals surface area contributed by atoms with Crippen LogP contribution in [-0.4, -0.2) is 101 Å². The molecule has 2 fully saturated rings. The number of halogens is 3. The lowest BCUT2D eigenvalue weighted by Crippen LogP contribution is -2.51. The fraction of sp³-hybridized carbons (Fsp3) is 0.347. The Balaban J connectivity index is 0.00000327. The molecule has 0 aliphatic carbocycles. The molecule has 2 aliphatic heterocycles. The molecule has 0 radical (unpaired) electrons. The molecule has 3 unspecified atom stereocenters. The lowest BCUT2D eigenvalue weighted by atomic mass is 9.96. The third-order valence-corrected chi connectivity index (χ3v) is 11.6. The van der Waals surface area contributed by atoms with E-state index in [4.69, 9.17) is 14.5 Å². The topological polar surface area (TPSA) is 178 Å². The predicted octanol–water partition coefficient (Wildman–Crippen LogP) is 8.01. The van der Waals surface area contributed by atoms with Gasteiger partial charge in [0.15, 0.2) is 0 Å². The van der Waals surface area contributed by atoms with Crippen molar-refractivity contribution in [3.63, 3.8) is 0 Å². The summed E-state index contributed by atoms with van der Waals surface area (Å²) in [5, 5.41) is 5.40. The van der Waals surface area contributed by atoms with E-state index in [-0.39, 0.29) is 67.0 Å². The standard InChI is InChI=1S/C49H53N9O6.3ClH/c1-31(2)42(54-48(61)63-5)46(59)57-26-13-19-41(57)45-51-30-39(53-45)35-21-20-32(38(28-35)33-22-24-37(25-23-33)56(3)4)14-10-11-17-36-29-50-44(52-36)40-18-12-27-58(40)47(60)43(55-49(62)64-6)34-15-8-7-9-16-34;;;/h7-9,15-16,20-25,28-31,40-43H,12-13,18-19,26-27H2,1-6H3,(H,50,52)(H,51,53)(H,54,61)(H,55,62);3*1H/t40?,41?,42-,43?;;;/m0.../s1. The molecule has 5 aromatic rings. The molecule has 4 atom stereocenters. The van der Waals surface area contributed by atoms with Crippen molar-refractivity contribution in [1.82, 2.24) is 40.4 Å². The van der Waals surface area contributed by atoms with Crippen LogP contribution < -0.4 is 15.5 Å². The second-order valence-electron chi connectivity index (χ2n) is 16.3. The van der Waals surface area contributed by atoms with E-state index < -0.39 is 24.3 Å². The van der Waals surface area contributed by atoms with Gasteiger partial charge in [-0.15, -0.1) is 37.2 Å². The zero-order valence-corrected chi connectivity index (χ0v) is 40.6. The first kappa shape index (κ1) is 53.0. The molecule has 7 rings (SSSR count). The van der Waals surface area contributed by atoms with Gasteiger partial charge in [-0.3, -0.25) is 9.59 Å². The summed E-state index contributed by atoms with van der Waals surface area (Å²) in [6, 6.07) is 21.1. The molecule has 0 saturated carbocycles. The van der Waals surface area contributed by atoms with Crippen molar-refractivity contribution in [2.75, 3.05) is 46.3 Å². The zero-order chi connectivity index (χ0) is 45.3. The number of anilines is 1. The van der Waals surface area contributed by atoms with E-state index in [9.17, 15) is 19.2 Å². The van der Waals surface area contributed by atoms with E-state index in [1.54, 1.807) is 34.3 Å². The molecular formula is C49H56Cl3N9O6. The number of carbonyl (C=O) groups is 4. The second kappa shape index (κ2) is 24.2. The first-order chi connectivity index (χ1) is 30.9. The average molecular weight is 973 g/mol. The van der Waals surface area contributed by atoms with Crippen LogP contribution in [0, 0.1) is 29.6 Å². The van der Waals surface area contributed by atoms with Crippen LogP contribution in [0.1, 0.15) is 86.1 Å². The average Bonchev–Trinajstić information content (AvgIpc) is 4.16. The van der Waals surface area contributed by atoms with Crippen molar-refractivity contribution in [2.24, 2.45) is 5.92 Å². The summed E-state index contributed by atoms with van der Waals surface area (Å²) in [6.07, 6.45) is 5.12. The first-order valence-electron chi connectivity index (χ1n) is 21.3. The van der Waals surface area contributed by atoms with Gasteiger partial charge in [0.05, 0.1) is 44.4 Å². The van der Waals surface area contributed by atoms with E-state index in [0.29, 0.717) is 42.4 Å². The molecule has 3 aromatic carbocycles. The van der Waals surface area contributed by atoms with Crippen LogP contribution in [-0.2, 0) is 19.1 Å². The molecule has 2 aromatic heterocycles. The summed E-state index contributed by atoms with van der Waals surface area (Å²) in [5.74, 6) is 13.1. The Kier molecular flexibility index (Phi) is 19.1. The summed E-state index contributed by atoms with van der Waals surface area (Å²) in [7, 11) is 6.54. The Hall–Kier alpha value is -6.65. The van der Waals surface area contributed by atoms with Gasteiger partial charge in [0.2, 0.25) is 5.91 Å². The van der Waals surface area contributed by atoms with Gasteiger partial charge < -0.3 is 44.8 Å². The minimum absolute atomic E-state index is 0. The van der Waals surface area contributed by atoms with Crippen molar-refractivity contribution in [3.8, 4) is 46.1 Å². The number of imidazole rings is 2. The van der Waals surface area contributed by atoms with Gasteiger partial charge >= 0.3 is 12.2 Å². The van der Waals surface area contributed by atoms with E-state index >= 15 is 0 Å². The third-order valence-electron chi connectivity index (χ3n) is 11.6. The highest BCUT2D eigenvalue weighted by Crippen LogP contribution is 2.36. The van der Waals surface area contributed by atoms with Crippen molar-refractivity contribution in [2.45, 2.75) is 63.7 Å². The highest BCUT2D eigenvalue weighted by Gasteiger charge is 2.38. The number of hydrogen-bond acceptors (Lipinski definition) is 9. The maximum Gasteiger partial charge on any atom is 0.407 e. The van der Waals surface area contributed by atoms with Crippen molar-refractivity contribution in [3.05, 3.63) is 114 Å². The number of aromatic nitrogens is 4. The maximum atomic E-state index is 13.9. The molecule has 4 N–H and O–H groups in total. The van der Waals surface area contributed by atoms with Gasteiger partial charge in [-0.05, 0) is 90.3 Å². The van der Waals surface area contributed by atoms with Gasteiger partial charge in [0.1, 0.15) is 29.4 Å². The summed E-state index contributed by atoms with van der Waals surface area (Å²) in [4.78, 5) is 73.6. The molecule has 15 nitrogen and oxygen atoms in total. The van der Waals surface area contributed by atoms with Crippen LogP contribution in [0.15, 0.2) is 85.2 Å². The monoisotopic (exact) mass is 971 g/mol. The van der Waals surface area contributed by atoms with Crippen molar-refractivity contribution < 1.29 is 28.7 Å². The Morgan fingerprint density at radius 1 is 0.731 bits per heavy atom. The SMILES string of the molecule is COC(=O)NC(C(=O)N1CCCC1c1ncc(C#CC#Cc2ccc(-c3cnc(C4CCCN4C(=O)[C@@H](NC(=O)OC)C(C)C)[nH]3)cc2-c2ccc(N(C)C)cc2)[nH]1)c1ccccc1.Cl.Cl.Cl. The fourth-order valence-electron chi connectivity index (χ4n) is 8.20. The minimum Gasteiger partial charge on any atom is -0.453 e. The number of benzene rings is 3. The van der Waals surface area contributed by atoms with Gasteiger partial charge in [-0.2, -0.15) is 0 Å². The summed E-state index contributed by atoms with van der Waals surface area (Å²) in [6.45, 7) is 4.86. The number of amides is 4. The number of nitrogens with one attached hydrogen (secondary N) is 4. The first-order valence-corrected chi connectivity index (χ1v) is 21.3. The smallest absolute Gasteiger partial charge is 0.407 e. The van der Waals surface area contributed by atoms with Crippen LogP contribution in [0.4, 0.5) is 15.3 Å². The molecule has 18 heteroatoms. The van der Waals surface area contributed by atoms with E-state index in [1.165, 1.54) is 14.2 Å². The summed E-state index contributed by atoms with van der Waals surface area (Å²) < 4.78 is 9.61. The number of aromatic amines is 2. The largest absolute Gasteiger partial charge is 0.453 e. The molecule has 2 saturated heterocycles. The normalized spacial score (nSPS) is 15.7. The Morgan fingerprint density at radius 3 is 1.94 bits per heavy atom. The Morgan fingerprint density at radius 2 is 1.31 bits per heavy atom. The van der Waals surface area contributed by atoms with Crippen molar-refractivity contribution >= 4 is 66.9 Å². The molecule has 2 aliphatic rings. The summed E-state index contributed by atoms with van der Waals surface area (Å²) in [5.41, 5.74) is 6.62. The molecule has 67 heavy (non-hydrogen) atoms. The fourth-order valence-corrected chi connectivity index (χ4v) is 8.20. The van der Waals surface area contributed by atoms with Crippen molar-refractivity contribution in [1.29, 1.82) is 0 Å². The van der Waals surface area contributed by atoms with Crippen LogP contribution in [0.3, 0.4) is 0 Å². The maximum absolute atomic E-state index is 13.9. The lowest BCUT2D eigenvalue weighted by Gasteiger charge is -2.30. The number of methoxy groups -OCH3 is 2. The van der Waals surface area contributed by atoms with Crippen LogP contribution >= 0.6 is 37.2 Å². The zero-order valence-electron chi connectivity index (χ0n) is 38.1. The Labute approximate surface area is 409 Å². The quantitative estimate of drug-likeness (QED) is 0.0956. The van der Waals surface area contributed by atoms with Gasteiger partial charge in [0.25, 0.3) is 5.91 Å². The number of rotatable bonds is 11. The number of carbonyl (C=O) groups excluding carboxylic acids is 4. The summed E-state index contributed by atoms with van der Waals surface area (Å²) >= 11 is 0. The van der Waals surface area contributed by atoms with Gasteiger partial charge in [-0.1, -0.05) is 68.3 Å². The van der Waals surface area contributed by atoms with Gasteiger partial charge in [-0.25, -0.2) is 19.6 Å². The highest BCUT2D eigenvalue weighted by atomic mass is 35.5. The van der Waals surface area contributed by atoms with Crippen LogP contribution in [0.2, 0.25) is 0 Å². The van der Waals surface area contributed by atoms with Crippen LogP contribution in [0.5, 0.6) is 0 Å². The number of likely N-dealkylation sites (tertiary alicyclic amines) is 2. The molecule has 354 valence electrons. The third kappa shape index (κ3) is 12.4. The van der Waals surface area contributed by atoms with E-state index in [1.807, 2.05) is 63.2 Å². The minimum atomic E-state index is -0.914. The molecular weight excluding hydrogens is 917 g/mol. The lowest BCUT2D eigenvalue weighted by molar-refractivity contribution is -0.135. The number of alkyl carbamates (subject to hydrolysis) is 2. The number of hydrogen-bond donors (Lipinski definition) is 4. The molecule has 0 bridgehead atoms. The Bertz CT molecular complexity index is 2610. The van der Waals surface area contributed by atoms with Gasteiger partial charge in [0, 0.05) is 44.0 Å². The highest BCUT2D eigenvalue weighted by molar-refractivity contribution is 5.88. The predicted molar refractivity (Wildman–Crippen MR) is 264 cm³/mol. The second-order valence-corrected chi connectivity index (χ2v) is 16.3. The number of nitrogens with zero attached hydrogens (tertiary/aromatic N) is 5. The number of ether oxygens (including phenoxy) is 2.